The number of pyridine rings is 1. The summed E-state index contributed by atoms with van der Waals surface area (Å²) in [7, 11) is 1.49. The highest BCUT2D eigenvalue weighted by molar-refractivity contribution is 6.35. The number of nitrogens with zero attached hydrogens (tertiary/aromatic N) is 2. The van der Waals surface area contributed by atoms with E-state index in [0.29, 0.717) is 45.7 Å². The molecule has 2 heterocycles. The second kappa shape index (κ2) is 10.2. The summed E-state index contributed by atoms with van der Waals surface area (Å²) in [6.45, 7) is 5.42. The zero-order valence-electron chi connectivity index (χ0n) is 20.9. The molecule has 2 N–H and O–H groups in total. The lowest BCUT2D eigenvalue weighted by molar-refractivity contribution is 0.0949. The first-order chi connectivity index (χ1) is 17.7. The molecule has 2 atom stereocenters. The molecule has 0 spiro atoms. The number of amides is 1. The summed E-state index contributed by atoms with van der Waals surface area (Å²) in [6.07, 6.45) is 3.38. The minimum atomic E-state index is -0.555. The number of aromatic nitrogens is 1. The van der Waals surface area contributed by atoms with Gasteiger partial charge in [0.1, 0.15) is 11.3 Å². The minimum absolute atomic E-state index is 0.0527. The van der Waals surface area contributed by atoms with Crippen molar-refractivity contribution in [3.8, 4) is 5.75 Å². The number of piperazine rings is 1. The summed E-state index contributed by atoms with van der Waals surface area (Å²) < 4.78 is 23.4. The predicted molar refractivity (Wildman–Crippen MR) is 145 cm³/mol. The molecule has 1 amide bonds. The van der Waals surface area contributed by atoms with Crippen molar-refractivity contribution in [1.29, 1.82) is 0 Å². The van der Waals surface area contributed by atoms with Crippen LogP contribution in [0.2, 0.25) is 10.0 Å². The molecule has 1 aliphatic carbocycles. The van der Waals surface area contributed by atoms with Crippen LogP contribution in [0.25, 0.3) is 10.9 Å². The van der Waals surface area contributed by atoms with Gasteiger partial charge in [-0.05, 0) is 50.5 Å². The van der Waals surface area contributed by atoms with Gasteiger partial charge in [0.15, 0.2) is 11.6 Å². The van der Waals surface area contributed by atoms with Gasteiger partial charge in [-0.2, -0.15) is 0 Å². The van der Waals surface area contributed by atoms with Crippen LogP contribution >= 0.6 is 23.2 Å². The van der Waals surface area contributed by atoms with Crippen molar-refractivity contribution >= 4 is 45.7 Å². The molecule has 0 radical (unpaired) electrons. The van der Waals surface area contributed by atoms with Gasteiger partial charge in [-0.1, -0.05) is 29.3 Å². The first-order valence-electron chi connectivity index (χ1n) is 12.4. The number of ether oxygens (including phenoxy) is 1. The Bertz CT molecular complexity index is 1430. The lowest BCUT2D eigenvalue weighted by Crippen LogP contribution is -2.54. The van der Waals surface area contributed by atoms with Crippen LogP contribution in [0, 0.1) is 5.82 Å². The highest BCUT2D eigenvalue weighted by atomic mass is 35.5. The van der Waals surface area contributed by atoms with Crippen LogP contribution in [-0.2, 0) is 6.54 Å². The summed E-state index contributed by atoms with van der Waals surface area (Å²) in [5.74, 6) is -0.781. The monoisotopic (exact) mass is 546 g/mol. The number of anilines is 1. The fourth-order valence-corrected chi connectivity index (χ4v) is 5.65. The number of fused-ring (bicyclic) bond motifs is 1. The number of hydrogen-bond donors (Lipinski definition) is 2. The third-order valence-corrected chi connectivity index (χ3v) is 7.50. The van der Waals surface area contributed by atoms with Crippen molar-refractivity contribution in [1.82, 2.24) is 15.2 Å². The van der Waals surface area contributed by atoms with E-state index in [1.54, 1.807) is 24.4 Å². The van der Waals surface area contributed by atoms with E-state index in [2.05, 4.69) is 24.5 Å². The number of nitrogens with one attached hydrogen (secondary N) is 2. The Labute approximate surface area is 224 Å². The van der Waals surface area contributed by atoms with E-state index in [1.807, 2.05) is 9.47 Å². The molecule has 2 aliphatic rings. The van der Waals surface area contributed by atoms with Crippen LogP contribution in [0.15, 0.2) is 35.3 Å². The van der Waals surface area contributed by atoms with Gasteiger partial charge in [0.25, 0.3) is 5.91 Å². The number of benzene rings is 2. The van der Waals surface area contributed by atoms with Gasteiger partial charge < -0.3 is 24.8 Å². The Morgan fingerprint density at radius 1 is 1.19 bits per heavy atom. The van der Waals surface area contributed by atoms with Gasteiger partial charge in [-0.25, -0.2) is 4.39 Å². The minimum Gasteiger partial charge on any atom is -0.492 e. The Kier molecular flexibility index (Phi) is 7.09. The van der Waals surface area contributed by atoms with Crippen molar-refractivity contribution in [3.05, 3.63) is 67.7 Å². The molecular weight excluding hydrogens is 518 g/mol. The third kappa shape index (κ3) is 5.02. The lowest BCUT2D eigenvalue weighted by Gasteiger charge is -2.38. The number of hydrogen-bond acceptors (Lipinski definition) is 5. The van der Waals surface area contributed by atoms with Crippen molar-refractivity contribution in [2.45, 2.75) is 51.4 Å². The number of rotatable bonds is 6. The number of methoxy groups -OCH3 is 1. The molecule has 1 saturated carbocycles. The van der Waals surface area contributed by atoms with Gasteiger partial charge in [0.2, 0.25) is 5.43 Å². The van der Waals surface area contributed by atoms with Crippen LogP contribution in [0.1, 0.15) is 48.7 Å². The summed E-state index contributed by atoms with van der Waals surface area (Å²) in [5, 5.41) is 7.24. The molecule has 10 heteroatoms. The van der Waals surface area contributed by atoms with Crippen molar-refractivity contribution in [2.75, 3.05) is 25.1 Å². The molecule has 1 aromatic heterocycles. The first kappa shape index (κ1) is 25.8. The van der Waals surface area contributed by atoms with Crippen LogP contribution in [-0.4, -0.2) is 42.8 Å². The number of carbonyl (C=O) groups excluding carboxylic acids is 1. The third-order valence-electron chi connectivity index (χ3n) is 6.92. The number of carbonyl (C=O) groups is 1. The van der Waals surface area contributed by atoms with Crippen molar-refractivity contribution in [2.24, 2.45) is 0 Å². The zero-order valence-corrected chi connectivity index (χ0v) is 22.4. The molecule has 3 aromatic rings. The molecule has 7 nitrogen and oxygen atoms in total. The largest absolute Gasteiger partial charge is 0.492 e. The lowest BCUT2D eigenvalue weighted by atomic mass is 10.1. The van der Waals surface area contributed by atoms with Gasteiger partial charge in [-0.3, -0.25) is 9.59 Å². The average molecular weight is 547 g/mol. The SMILES string of the molecule is COc1c(N2CC(C)NC(C)C2)c(F)cc2c(=O)c(C(=O)NCc3ccc(Cl)cc3Cl)cn(C3CC3)c12. The highest BCUT2D eigenvalue weighted by Gasteiger charge is 2.33. The van der Waals surface area contributed by atoms with Crippen LogP contribution in [0.5, 0.6) is 5.75 Å². The summed E-state index contributed by atoms with van der Waals surface area (Å²) in [5.41, 5.74) is 0.932. The maximum atomic E-state index is 15.7. The van der Waals surface area contributed by atoms with Crippen LogP contribution < -0.4 is 25.7 Å². The molecule has 1 saturated heterocycles. The van der Waals surface area contributed by atoms with Gasteiger partial charge in [-0.15, -0.1) is 0 Å². The van der Waals surface area contributed by atoms with E-state index in [0.717, 1.165) is 12.8 Å². The zero-order chi connectivity index (χ0) is 26.4. The Hall–Kier alpha value is -2.81. The molecule has 2 aromatic carbocycles. The maximum Gasteiger partial charge on any atom is 0.257 e. The van der Waals surface area contributed by atoms with Gasteiger partial charge in [0.05, 0.1) is 18.0 Å². The average Bonchev–Trinajstić information content (AvgIpc) is 3.68. The Morgan fingerprint density at radius 2 is 1.89 bits per heavy atom. The molecule has 0 bridgehead atoms. The fourth-order valence-electron chi connectivity index (χ4n) is 5.18. The molecule has 1 aliphatic heterocycles. The van der Waals surface area contributed by atoms with Crippen molar-refractivity contribution < 1.29 is 13.9 Å². The van der Waals surface area contributed by atoms with Gasteiger partial charge >= 0.3 is 0 Å². The summed E-state index contributed by atoms with van der Waals surface area (Å²) >= 11 is 12.2. The fraction of sp³-hybridized carbons (Fsp3) is 0.407. The highest BCUT2D eigenvalue weighted by Crippen LogP contribution is 2.44. The quantitative estimate of drug-likeness (QED) is 0.459. The smallest absolute Gasteiger partial charge is 0.257 e. The molecule has 37 heavy (non-hydrogen) atoms. The normalized spacial score (nSPS) is 19.8. The van der Waals surface area contributed by atoms with E-state index in [9.17, 15) is 9.59 Å². The van der Waals surface area contributed by atoms with E-state index in [4.69, 9.17) is 27.9 Å². The maximum absolute atomic E-state index is 15.7. The second-order valence-corrected chi connectivity index (χ2v) is 10.8. The van der Waals surface area contributed by atoms with E-state index < -0.39 is 17.2 Å². The predicted octanol–water partition coefficient (Wildman–Crippen LogP) is 4.91. The van der Waals surface area contributed by atoms with E-state index in [-0.39, 0.29) is 35.6 Å². The van der Waals surface area contributed by atoms with Crippen LogP contribution in [0.4, 0.5) is 10.1 Å². The molecule has 2 fully saturated rings. The van der Waals surface area contributed by atoms with Gasteiger partial charge in [0, 0.05) is 54.0 Å². The van der Waals surface area contributed by atoms with E-state index >= 15 is 4.39 Å². The first-order valence-corrected chi connectivity index (χ1v) is 13.1. The van der Waals surface area contributed by atoms with Crippen LogP contribution in [0.3, 0.4) is 0 Å². The molecular formula is C27H29Cl2FN4O3. The standard InChI is InChI=1S/C27H29Cl2FN4O3/c1-14-11-33(12-15(2)32-14)24-22(30)9-19-23(26(24)37-3)34(18-6-7-18)13-20(25(19)35)27(36)31-10-16-4-5-17(28)8-21(16)29/h4-5,8-9,13-15,18,32H,6-7,10-12H2,1-3H3,(H,31,36). The summed E-state index contributed by atoms with van der Waals surface area (Å²) in [4.78, 5) is 28.7. The molecule has 2 unspecified atom stereocenters. The molecule has 196 valence electrons. The summed E-state index contributed by atoms with van der Waals surface area (Å²) in [6, 6.07) is 6.66. The topological polar surface area (TPSA) is 75.6 Å². The van der Waals surface area contributed by atoms with Crippen molar-refractivity contribution in [3.63, 3.8) is 0 Å². The Balaban J connectivity index is 1.58. The molecule has 5 rings (SSSR count). The Morgan fingerprint density at radius 3 is 2.51 bits per heavy atom. The number of halogens is 3. The second-order valence-electron chi connectivity index (χ2n) is 9.94. The van der Waals surface area contributed by atoms with E-state index in [1.165, 1.54) is 13.2 Å².